The zero-order valence-corrected chi connectivity index (χ0v) is 33.7. The quantitative estimate of drug-likeness (QED) is 0.0581. The minimum Gasteiger partial charge on any atom is -0.480 e. The molecule has 0 radical (unpaired) electrons. The van der Waals surface area contributed by atoms with Crippen LogP contribution < -0.4 is 21.7 Å². The number of carboxylic acids is 1. The summed E-state index contributed by atoms with van der Waals surface area (Å²) in [5.74, 6) is -4.15. The molecule has 0 heterocycles. The zero-order chi connectivity index (χ0) is 39.7. The second-order valence-corrected chi connectivity index (χ2v) is 14.1. The Morgan fingerprint density at radius 2 is 1.19 bits per heavy atom. The number of hydrogen-bond donors (Lipinski definition) is 5. The van der Waals surface area contributed by atoms with Crippen molar-refractivity contribution in [2.45, 2.75) is 181 Å². The van der Waals surface area contributed by atoms with E-state index in [1.54, 1.807) is 14.2 Å². The first-order chi connectivity index (χ1) is 24.8. The van der Waals surface area contributed by atoms with Crippen molar-refractivity contribution in [1.82, 2.24) is 20.9 Å². The summed E-state index contributed by atoms with van der Waals surface area (Å²) in [5.41, 5.74) is 5.61. The van der Waals surface area contributed by atoms with E-state index < -0.39 is 54.3 Å². The number of hydrogen-bond acceptors (Lipinski definition) is 8. The molecule has 0 aromatic carbocycles. The first kappa shape index (κ1) is 51.0. The van der Waals surface area contributed by atoms with E-state index in [4.69, 9.17) is 5.73 Å². The average molecular weight is 742 g/mol. The summed E-state index contributed by atoms with van der Waals surface area (Å²) >= 11 is 0. The maximum atomic E-state index is 14.0. The number of nitrogens with zero attached hydrogens (tertiary/aromatic N) is 1. The van der Waals surface area contributed by atoms with Gasteiger partial charge in [0.15, 0.2) is 0 Å². The Bertz CT molecular complexity index is 994. The number of carbonyl (C=O) groups excluding carboxylic acids is 5. The highest BCUT2D eigenvalue weighted by Crippen LogP contribution is 2.18. The van der Waals surface area contributed by atoms with Crippen molar-refractivity contribution in [2.24, 2.45) is 11.7 Å². The third kappa shape index (κ3) is 26.7. The van der Waals surface area contributed by atoms with E-state index in [9.17, 15) is 33.9 Å². The van der Waals surface area contributed by atoms with Gasteiger partial charge in [0.25, 0.3) is 5.91 Å². The minimum absolute atomic E-state index is 0.0289. The molecule has 6 N–H and O–H groups in total. The number of nitrogens with two attached hydrogens (primary N) is 1. The van der Waals surface area contributed by atoms with Crippen LogP contribution in [0.15, 0.2) is 0 Å². The number of ether oxygens (including phenoxy) is 1. The molecule has 0 aromatic rings. The lowest BCUT2D eigenvalue weighted by Crippen LogP contribution is -2.57. The molecule has 0 bridgehead atoms. The molecule has 0 aliphatic rings. The second-order valence-electron chi connectivity index (χ2n) is 14.1. The topological polar surface area (TPSA) is 197 Å². The molecule has 3 unspecified atom stereocenters. The molecule has 0 fully saturated rings. The highest BCUT2D eigenvalue weighted by Gasteiger charge is 2.38. The lowest BCUT2D eigenvalue weighted by atomic mass is 9.99. The van der Waals surface area contributed by atoms with E-state index in [0.29, 0.717) is 32.2 Å². The number of imide groups is 1. The third-order valence-electron chi connectivity index (χ3n) is 8.57. The fraction of sp³-hybridized carbons (Fsp3) is 0.846. The maximum Gasteiger partial charge on any atom is 0.326 e. The summed E-state index contributed by atoms with van der Waals surface area (Å²) < 4.78 is 4.25. The standard InChI is InChI=1S/C37H69N5O7.C2H6O/c1-6-8-10-12-14-16-18-23-32(43)40-29(5)35(46)39-27-33(44)41-30(26-28(3)4)36(47)42(31(37(48)49)22-20-21-25-38)34(45)24-19-17-15-13-11-9-7-2;1-3-2/h28-31H,6-27,38H2,1-5H3,(H,39,46)(H,40,43)(H,41,44)(H,48,49);1-2H3. The Morgan fingerprint density at radius 3 is 1.67 bits per heavy atom. The van der Waals surface area contributed by atoms with Gasteiger partial charge in [-0.3, -0.25) is 28.9 Å². The number of unbranched alkanes of at least 4 members (excludes halogenated alkanes) is 13. The van der Waals surface area contributed by atoms with Gasteiger partial charge < -0.3 is 31.5 Å². The maximum absolute atomic E-state index is 14.0. The number of carbonyl (C=O) groups is 6. The highest BCUT2D eigenvalue weighted by atomic mass is 16.4. The molecule has 13 nitrogen and oxygen atoms in total. The molecule has 13 heteroatoms. The fourth-order valence-electron chi connectivity index (χ4n) is 5.70. The summed E-state index contributed by atoms with van der Waals surface area (Å²) in [5, 5.41) is 17.9. The molecule has 5 amide bonds. The molecule has 0 spiro atoms. The van der Waals surface area contributed by atoms with Gasteiger partial charge >= 0.3 is 5.97 Å². The van der Waals surface area contributed by atoms with Crippen LogP contribution in [-0.2, 0) is 33.5 Å². The monoisotopic (exact) mass is 742 g/mol. The molecule has 52 heavy (non-hydrogen) atoms. The highest BCUT2D eigenvalue weighted by molar-refractivity contribution is 6.02. The molecular formula is C39H75N5O8. The van der Waals surface area contributed by atoms with E-state index in [2.05, 4.69) is 34.5 Å². The smallest absolute Gasteiger partial charge is 0.326 e. The molecule has 0 saturated carbocycles. The van der Waals surface area contributed by atoms with Crippen LogP contribution in [0.5, 0.6) is 0 Å². The lowest BCUT2D eigenvalue weighted by molar-refractivity contribution is -0.160. The Balaban J connectivity index is 0. The Hall–Kier alpha value is -3.06. The second kappa shape index (κ2) is 33.8. The first-order valence-electron chi connectivity index (χ1n) is 19.9. The van der Waals surface area contributed by atoms with Crippen molar-refractivity contribution in [3.8, 4) is 0 Å². The van der Waals surface area contributed by atoms with Gasteiger partial charge in [0.05, 0.1) is 6.54 Å². The Kier molecular flexibility index (Phi) is 33.1. The van der Waals surface area contributed by atoms with Crippen LogP contribution in [0.25, 0.3) is 0 Å². The van der Waals surface area contributed by atoms with Gasteiger partial charge in [0, 0.05) is 27.1 Å². The molecule has 304 valence electrons. The van der Waals surface area contributed by atoms with Crippen molar-refractivity contribution in [3.05, 3.63) is 0 Å². The van der Waals surface area contributed by atoms with E-state index in [-0.39, 0.29) is 31.1 Å². The van der Waals surface area contributed by atoms with Crippen LogP contribution >= 0.6 is 0 Å². The summed E-state index contributed by atoms with van der Waals surface area (Å²) in [6.45, 7) is 9.45. The summed E-state index contributed by atoms with van der Waals surface area (Å²) in [6, 6.07) is -3.41. The largest absolute Gasteiger partial charge is 0.480 e. The third-order valence-corrected chi connectivity index (χ3v) is 8.57. The van der Waals surface area contributed by atoms with Gasteiger partial charge in [-0.2, -0.15) is 0 Å². The van der Waals surface area contributed by atoms with Gasteiger partial charge in [-0.1, -0.05) is 105 Å². The van der Waals surface area contributed by atoms with E-state index in [0.717, 1.165) is 69.1 Å². The number of aliphatic carboxylic acids is 1. The van der Waals surface area contributed by atoms with Crippen molar-refractivity contribution in [1.29, 1.82) is 0 Å². The SMILES string of the molecule is CCCCCCCCCC(=O)NC(C)C(=O)NCC(=O)NC(CC(C)C)C(=O)N(C(=O)CCCCCCCCC)C(CCCCN)C(=O)O.COC. The number of methoxy groups -OCH3 is 1. The summed E-state index contributed by atoms with van der Waals surface area (Å²) in [7, 11) is 3.25. The van der Waals surface area contributed by atoms with Crippen LogP contribution in [0.3, 0.4) is 0 Å². The Morgan fingerprint density at radius 1 is 0.692 bits per heavy atom. The predicted molar refractivity (Wildman–Crippen MR) is 206 cm³/mol. The number of carboxylic acid groups (broad SMARTS) is 1. The molecule has 0 rings (SSSR count). The van der Waals surface area contributed by atoms with E-state index >= 15 is 0 Å². The van der Waals surface area contributed by atoms with Crippen LogP contribution in [0, 0.1) is 5.92 Å². The van der Waals surface area contributed by atoms with Gasteiger partial charge in [-0.15, -0.1) is 0 Å². The van der Waals surface area contributed by atoms with E-state index in [1.165, 1.54) is 26.2 Å². The Labute approximate surface area is 314 Å². The van der Waals surface area contributed by atoms with Crippen molar-refractivity contribution in [2.75, 3.05) is 27.3 Å². The normalized spacial score (nSPS) is 12.6. The van der Waals surface area contributed by atoms with E-state index in [1.807, 2.05) is 13.8 Å². The van der Waals surface area contributed by atoms with Crippen LogP contribution in [0.2, 0.25) is 0 Å². The van der Waals surface area contributed by atoms with Crippen molar-refractivity contribution in [3.63, 3.8) is 0 Å². The van der Waals surface area contributed by atoms with Gasteiger partial charge in [-0.05, 0) is 57.9 Å². The van der Waals surface area contributed by atoms with Gasteiger partial charge in [0.1, 0.15) is 18.1 Å². The van der Waals surface area contributed by atoms with Crippen LogP contribution in [0.1, 0.15) is 163 Å². The van der Waals surface area contributed by atoms with Gasteiger partial charge in [-0.25, -0.2) is 4.79 Å². The fourth-order valence-corrected chi connectivity index (χ4v) is 5.70. The summed E-state index contributed by atoms with van der Waals surface area (Å²) in [4.78, 5) is 78.6. The van der Waals surface area contributed by atoms with Crippen molar-refractivity contribution >= 4 is 35.5 Å². The van der Waals surface area contributed by atoms with Crippen LogP contribution in [-0.4, -0.2) is 90.9 Å². The molecule has 0 aliphatic heterocycles. The minimum atomic E-state index is -1.38. The van der Waals surface area contributed by atoms with Gasteiger partial charge in [0.2, 0.25) is 23.6 Å². The molecule has 0 saturated heterocycles. The number of amides is 5. The lowest BCUT2D eigenvalue weighted by Gasteiger charge is -2.32. The molecule has 0 aromatic heterocycles. The van der Waals surface area contributed by atoms with Crippen LogP contribution in [0.4, 0.5) is 0 Å². The zero-order valence-electron chi connectivity index (χ0n) is 33.7. The average Bonchev–Trinajstić information content (AvgIpc) is 3.08. The molecule has 3 atom stereocenters. The number of nitrogens with one attached hydrogen (secondary N) is 3. The molecular weight excluding hydrogens is 666 g/mol. The first-order valence-corrected chi connectivity index (χ1v) is 19.9. The van der Waals surface area contributed by atoms with Crippen molar-refractivity contribution < 1.29 is 38.6 Å². The predicted octanol–water partition coefficient (Wildman–Crippen LogP) is 5.62. The number of rotatable bonds is 30. The molecule has 0 aliphatic carbocycles. The summed E-state index contributed by atoms with van der Waals surface area (Å²) in [6.07, 6.45) is 15.8.